The van der Waals surface area contributed by atoms with E-state index in [2.05, 4.69) is 178 Å². The molecule has 6 aromatic rings. The van der Waals surface area contributed by atoms with Crippen molar-refractivity contribution in [2.24, 2.45) is 11.8 Å². The first-order valence-corrected chi connectivity index (χ1v) is 21.3. The molecule has 4 nitrogen and oxygen atoms in total. The molecule has 0 saturated heterocycles. The summed E-state index contributed by atoms with van der Waals surface area (Å²) in [6, 6.07) is 33.0. The molecule has 58 heavy (non-hydrogen) atoms. The number of benzene rings is 4. The number of pyridine rings is 2. The van der Waals surface area contributed by atoms with Crippen molar-refractivity contribution in [2.45, 2.75) is 139 Å². The number of hydrogen-bond acceptors (Lipinski definition) is 4. The first-order valence-electron chi connectivity index (χ1n) is 21.3. The smallest absolute Gasteiger partial charge is 0.0592 e. The number of aliphatic hydroxyl groups is 2. The van der Waals surface area contributed by atoms with Gasteiger partial charge in [0.1, 0.15) is 0 Å². The van der Waals surface area contributed by atoms with Crippen LogP contribution >= 0.6 is 0 Å². The number of aliphatic hydroxyl groups excluding tert-OH is 2. The summed E-state index contributed by atoms with van der Waals surface area (Å²) in [5.74, 6) is 1.76. The summed E-state index contributed by atoms with van der Waals surface area (Å²) in [6.07, 6.45) is 7.63. The molecule has 1 radical (unpaired) electrons. The quantitative estimate of drug-likeness (QED) is 0.120. The van der Waals surface area contributed by atoms with Gasteiger partial charge in [-0.1, -0.05) is 145 Å². The molecule has 0 saturated carbocycles. The van der Waals surface area contributed by atoms with E-state index < -0.39 is 0 Å². The normalized spacial score (nSPS) is 12.3. The van der Waals surface area contributed by atoms with E-state index in [9.17, 15) is 10.2 Å². The van der Waals surface area contributed by atoms with Crippen LogP contribution in [0, 0.1) is 51.7 Å². The number of aryl methyl sites for hydroxylation is 4. The molecule has 2 atom stereocenters. The van der Waals surface area contributed by atoms with Gasteiger partial charge >= 0.3 is 0 Å². The van der Waals surface area contributed by atoms with Gasteiger partial charge in [0.15, 0.2) is 0 Å². The Balaban J connectivity index is 0.000000235. The summed E-state index contributed by atoms with van der Waals surface area (Å²) in [7, 11) is 0. The van der Waals surface area contributed by atoms with E-state index in [1.165, 1.54) is 43.8 Å². The van der Waals surface area contributed by atoms with Gasteiger partial charge in [0.05, 0.1) is 12.2 Å². The molecule has 313 valence electrons. The Hall–Kier alpha value is -3.73. The maximum absolute atomic E-state index is 9.96. The van der Waals surface area contributed by atoms with Crippen molar-refractivity contribution in [1.29, 1.82) is 0 Å². The van der Waals surface area contributed by atoms with Crippen molar-refractivity contribution in [1.82, 2.24) is 9.97 Å². The van der Waals surface area contributed by atoms with Crippen molar-refractivity contribution < 1.29 is 30.3 Å². The van der Waals surface area contributed by atoms with Crippen molar-refractivity contribution in [2.75, 3.05) is 0 Å². The number of nitrogens with zero attached hydrogens (tertiary/aromatic N) is 2. The van der Waals surface area contributed by atoms with Gasteiger partial charge in [0, 0.05) is 32.5 Å². The maximum Gasteiger partial charge on any atom is 0.0592 e. The minimum atomic E-state index is -0.337. The van der Waals surface area contributed by atoms with Crippen LogP contribution in [-0.2, 0) is 20.1 Å². The molecule has 6 rings (SSSR count). The molecule has 0 aliphatic carbocycles. The van der Waals surface area contributed by atoms with Gasteiger partial charge in [-0.05, 0) is 86.3 Å². The number of fused-ring (bicyclic) bond motifs is 2. The summed E-state index contributed by atoms with van der Waals surface area (Å²) in [4.78, 5) is 9.21. The van der Waals surface area contributed by atoms with E-state index in [-0.39, 0.29) is 32.3 Å². The molecule has 0 amide bonds. The number of hydrogen-bond donors (Lipinski definition) is 2. The van der Waals surface area contributed by atoms with Crippen molar-refractivity contribution in [3.8, 4) is 22.5 Å². The summed E-state index contributed by atoms with van der Waals surface area (Å²) in [5.41, 5.74) is 11.7. The Morgan fingerprint density at radius 2 is 0.879 bits per heavy atom. The Morgan fingerprint density at radius 3 is 1.19 bits per heavy atom. The largest absolute Gasteiger partial charge is 0.393 e. The van der Waals surface area contributed by atoms with Gasteiger partial charge in [0.25, 0.3) is 0 Å². The zero-order chi connectivity index (χ0) is 41.8. The molecular formula is C53H68IrN2O2-2. The number of aromatic nitrogens is 2. The van der Waals surface area contributed by atoms with Crippen LogP contribution in [0.2, 0.25) is 0 Å². The van der Waals surface area contributed by atoms with E-state index in [0.29, 0.717) is 30.1 Å². The summed E-state index contributed by atoms with van der Waals surface area (Å²) in [6.45, 7) is 25.7. The van der Waals surface area contributed by atoms with Gasteiger partial charge < -0.3 is 20.2 Å². The summed E-state index contributed by atoms with van der Waals surface area (Å²) in [5, 5.41) is 24.8. The summed E-state index contributed by atoms with van der Waals surface area (Å²) >= 11 is 0. The van der Waals surface area contributed by atoms with E-state index in [1.807, 2.05) is 12.4 Å². The zero-order valence-corrected chi connectivity index (χ0v) is 39.6. The van der Waals surface area contributed by atoms with E-state index >= 15 is 0 Å². The molecule has 4 aromatic carbocycles. The topological polar surface area (TPSA) is 66.2 Å². The molecule has 0 spiro atoms. The average molecular weight is 957 g/mol. The molecule has 0 aliphatic heterocycles. The van der Waals surface area contributed by atoms with Crippen LogP contribution in [0.4, 0.5) is 0 Å². The predicted octanol–water partition coefficient (Wildman–Crippen LogP) is 13.9. The Morgan fingerprint density at radius 1 is 0.517 bits per heavy atom. The third-order valence-corrected chi connectivity index (χ3v) is 11.4. The number of rotatable bonds is 12. The third-order valence-electron chi connectivity index (χ3n) is 11.4. The molecule has 5 heteroatoms. The van der Waals surface area contributed by atoms with Crippen LogP contribution < -0.4 is 0 Å². The standard InChI is InChI=1S/2C20H20N.C13H28O2.Ir/c2*1-13(2)16-5-6-19-17(12-16)7-8-21-20(19)18-10-14(3)9-15(4)11-18;1-5-10(6-2)12(14)9-13(15)11(7-3)8-4;/h2*5-10,12-13H,1-4H3;10-15H,5-9H2,1-4H3;/q2*-1;;. The fraction of sp³-hybridized carbons (Fsp3) is 0.434. The molecule has 2 N–H and O–H groups in total. The second-order valence-electron chi connectivity index (χ2n) is 16.6. The Kier molecular flexibility index (Phi) is 19.4. The molecule has 0 bridgehead atoms. The SMILES string of the molecule is CCC(CC)C(O)CC(O)C(CC)CC.Cc1[c-]c(-c2nccc3cc(C(C)C)ccc23)cc(C)c1.Cc1[c-]c(-c2nccc3cc(C(C)C)ccc23)cc(C)c1.[Ir]. The van der Waals surface area contributed by atoms with Gasteiger partial charge in [-0.15, -0.1) is 69.8 Å². The maximum atomic E-state index is 9.96. The van der Waals surface area contributed by atoms with Gasteiger partial charge in [0.2, 0.25) is 0 Å². The second-order valence-corrected chi connectivity index (χ2v) is 16.6. The van der Waals surface area contributed by atoms with Crippen LogP contribution in [0.1, 0.15) is 133 Å². The summed E-state index contributed by atoms with van der Waals surface area (Å²) < 4.78 is 0. The predicted molar refractivity (Wildman–Crippen MR) is 244 cm³/mol. The second kappa shape index (κ2) is 23.2. The molecule has 2 unspecified atom stereocenters. The monoisotopic (exact) mass is 957 g/mol. The van der Waals surface area contributed by atoms with Crippen LogP contribution in [0.5, 0.6) is 0 Å². The minimum absolute atomic E-state index is 0. The van der Waals surface area contributed by atoms with Crippen LogP contribution in [0.15, 0.2) is 85.2 Å². The van der Waals surface area contributed by atoms with Crippen LogP contribution in [0.25, 0.3) is 44.1 Å². The van der Waals surface area contributed by atoms with Crippen molar-refractivity contribution >= 4 is 21.5 Å². The van der Waals surface area contributed by atoms with Gasteiger partial charge in [-0.3, -0.25) is 0 Å². The van der Waals surface area contributed by atoms with Gasteiger partial charge in [-0.25, -0.2) is 0 Å². The first kappa shape index (κ1) is 48.6. The van der Waals surface area contributed by atoms with E-state index in [4.69, 9.17) is 0 Å². The minimum Gasteiger partial charge on any atom is -0.393 e. The van der Waals surface area contributed by atoms with Crippen molar-refractivity contribution in [3.05, 3.63) is 131 Å². The molecule has 0 aliphatic rings. The zero-order valence-electron chi connectivity index (χ0n) is 37.2. The molecule has 0 fully saturated rings. The van der Waals surface area contributed by atoms with Crippen LogP contribution in [0.3, 0.4) is 0 Å². The molecular weight excluding hydrogens is 889 g/mol. The van der Waals surface area contributed by atoms with Gasteiger partial charge in [-0.2, -0.15) is 0 Å². The average Bonchev–Trinajstić information content (AvgIpc) is 3.17. The molecule has 2 aromatic heterocycles. The van der Waals surface area contributed by atoms with E-state index in [1.54, 1.807) is 0 Å². The van der Waals surface area contributed by atoms with E-state index in [0.717, 1.165) is 59.3 Å². The van der Waals surface area contributed by atoms with Crippen molar-refractivity contribution in [3.63, 3.8) is 0 Å². The molecule has 2 heterocycles. The van der Waals surface area contributed by atoms with Crippen LogP contribution in [-0.4, -0.2) is 32.4 Å². The fourth-order valence-electron chi connectivity index (χ4n) is 7.88. The fourth-order valence-corrected chi connectivity index (χ4v) is 7.88. The Labute approximate surface area is 364 Å². The third kappa shape index (κ3) is 13.1. The Bertz CT molecular complexity index is 1990. The first-order chi connectivity index (χ1) is 27.2.